The van der Waals surface area contributed by atoms with Crippen molar-refractivity contribution in [2.45, 2.75) is 13.3 Å². The monoisotopic (exact) mass is 474 g/mol. The van der Waals surface area contributed by atoms with Crippen LogP contribution in [0.2, 0.25) is 5.02 Å². The second-order valence-corrected chi connectivity index (χ2v) is 7.70. The highest BCUT2D eigenvalue weighted by Crippen LogP contribution is 2.28. The van der Waals surface area contributed by atoms with Gasteiger partial charge >= 0.3 is 0 Å². The molecule has 2 heterocycles. The van der Waals surface area contributed by atoms with E-state index in [-0.39, 0.29) is 6.61 Å². The van der Waals surface area contributed by atoms with E-state index in [2.05, 4.69) is 47.5 Å². The summed E-state index contributed by atoms with van der Waals surface area (Å²) in [5.74, 6) is 1.52. The van der Waals surface area contributed by atoms with Crippen molar-refractivity contribution in [3.8, 4) is 0 Å². The Balaban J connectivity index is 1.56. The van der Waals surface area contributed by atoms with Gasteiger partial charge < -0.3 is 30.7 Å². The predicted octanol–water partition coefficient (Wildman–Crippen LogP) is 2.55. The predicted molar refractivity (Wildman–Crippen MR) is 134 cm³/mol. The van der Waals surface area contributed by atoms with Gasteiger partial charge in [0.05, 0.1) is 25.5 Å². The van der Waals surface area contributed by atoms with E-state index in [1.807, 2.05) is 25.1 Å². The van der Waals surface area contributed by atoms with Crippen LogP contribution in [0.4, 0.5) is 23.5 Å². The van der Waals surface area contributed by atoms with Crippen LogP contribution in [0.25, 0.3) is 5.70 Å². The van der Waals surface area contributed by atoms with Gasteiger partial charge in [0, 0.05) is 49.0 Å². The summed E-state index contributed by atoms with van der Waals surface area (Å²) in [6.45, 7) is 10.1. The lowest BCUT2D eigenvalue weighted by atomic mass is 10.1. The molecular weight excluding hydrogens is 444 g/mol. The number of nitrogens with zero attached hydrogens (tertiary/aromatic N) is 5. The summed E-state index contributed by atoms with van der Waals surface area (Å²) < 4.78 is 5.41. The van der Waals surface area contributed by atoms with Crippen LogP contribution in [0.15, 0.2) is 29.3 Å². The maximum atomic E-state index is 9.11. The Kier molecular flexibility index (Phi) is 9.67. The number of aliphatic hydroxyl groups excluding tert-OH is 1. The quantitative estimate of drug-likeness (QED) is 0.271. The number of allylic oxidation sites excluding steroid dienone is 1. The molecule has 1 aromatic heterocycles. The van der Waals surface area contributed by atoms with E-state index in [0.29, 0.717) is 49.2 Å². The average Bonchev–Trinajstić information content (AvgIpc) is 2.85. The highest BCUT2D eigenvalue weighted by Gasteiger charge is 2.16. The van der Waals surface area contributed by atoms with Gasteiger partial charge in [0.2, 0.25) is 17.8 Å². The lowest BCUT2D eigenvalue weighted by Crippen LogP contribution is -2.37. The van der Waals surface area contributed by atoms with Crippen molar-refractivity contribution in [1.82, 2.24) is 20.3 Å². The zero-order valence-corrected chi connectivity index (χ0v) is 19.6. The molecular formula is C22H31ClN8O2. The number of benzene rings is 1. The normalized spacial score (nSPS) is 14.2. The first-order valence-electron chi connectivity index (χ1n) is 11.0. The van der Waals surface area contributed by atoms with E-state index in [1.165, 1.54) is 0 Å². The van der Waals surface area contributed by atoms with Crippen LogP contribution in [-0.2, 0) is 4.74 Å². The third kappa shape index (κ3) is 7.28. The molecule has 10 nitrogen and oxygen atoms in total. The molecule has 4 N–H and O–H groups in total. The molecule has 33 heavy (non-hydrogen) atoms. The molecule has 2 aromatic rings. The summed E-state index contributed by atoms with van der Waals surface area (Å²) in [5.41, 5.74) is 2.67. The van der Waals surface area contributed by atoms with E-state index in [1.54, 1.807) is 6.07 Å². The van der Waals surface area contributed by atoms with E-state index in [4.69, 9.17) is 21.4 Å². The first-order valence-corrected chi connectivity index (χ1v) is 11.4. The number of aliphatic imine (C=N–C) groups is 1. The average molecular weight is 475 g/mol. The summed E-state index contributed by atoms with van der Waals surface area (Å²) in [6, 6.07) is 5.57. The number of anilines is 3. The molecule has 0 radical (unpaired) electrons. The van der Waals surface area contributed by atoms with Gasteiger partial charge in [-0.1, -0.05) is 17.7 Å². The summed E-state index contributed by atoms with van der Waals surface area (Å²) in [6.07, 6.45) is 2.84. The minimum Gasteiger partial charge on any atom is -0.395 e. The summed E-state index contributed by atoms with van der Waals surface area (Å²) in [4.78, 5) is 19.6. The molecule has 0 unspecified atom stereocenters. The van der Waals surface area contributed by atoms with Gasteiger partial charge in [0.15, 0.2) is 0 Å². The molecule has 0 bridgehead atoms. The van der Waals surface area contributed by atoms with Crippen molar-refractivity contribution >= 4 is 47.5 Å². The SMILES string of the molecule is C=Nc1cc(Cl)ccc1/C(=C\C)NCCCNc1nc(NCCO)nc(N2CCOCC2)n1. The lowest BCUT2D eigenvalue weighted by Gasteiger charge is -2.27. The number of halogens is 1. The van der Waals surface area contributed by atoms with Crippen LogP contribution in [0, 0.1) is 0 Å². The molecule has 0 saturated carbocycles. The van der Waals surface area contributed by atoms with Crippen molar-refractivity contribution in [1.29, 1.82) is 0 Å². The van der Waals surface area contributed by atoms with Crippen LogP contribution < -0.4 is 20.9 Å². The summed E-state index contributed by atoms with van der Waals surface area (Å²) in [5, 5.41) is 19.5. The molecule has 0 atom stereocenters. The van der Waals surface area contributed by atoms with Crippen LogP contribution >= 0.6 is 11.6 Å². The Morgan fingerprint density at radius 1 is 1.18 bits per heavy atom. The van der Waals surface area contributed by atoms with Gasteiger partial charge in [-0.05, 0) is 38.3 Å². The van der Waals surface area contributed by atoms with Crippen molar-refractivity contribution in [2.24, 2.45) is 4.99 Å². The third-order valence-electron chi connectivity index (χ3n) is 4.97. The Hall–Kier alpha value is -2.95. The molecule has 178 valence electrons. The Bertz CT molecular complexity index is 950. The lowest BCUT2D eigenvalue weighted by molar-refractivity contribution is 0.122. The zero-order chi connectivity index (χ0) is 23.5. The molecule has 11 heteroatoms. The number of hydrogen-bond acceptors (Lipinski definition) is 10. The second kappa shape index (κ2) is 12.9. The molecule has 1 aliphatic rings. The largest absolute Gasteiger partial charge is 0.395 e. The van der Waals surface area contributed by atoms with Crippen molar-refractivity contribution in [3.05, 3.63) is 34.9 Å². The topological polar surface area (TPSA) is 120 Å². The number of rotatable bonds is 12. The smallest absolute Gasteiger partial charge is 0.232 e. The third-order valence-corrected chi connectivity index (χ3v) is 5.21. The molecule has 0 spiro atoms. The standard InChI is InChI=1S/C22H31ClN8O2/c1-3-18(17-6-5-16(23)15-19(17)24-2)25-7-4-8-26-20-28-21(27-9-12-32)30-22(29-20)31-10-13-33-14-11-31/h3,5-6,15,25,32H,2,4,7-14H2,1H3,(H2,26,27,28,29,30)/b18-3+. The summed E-state index contributed by atoms with van der Waals surface area (Å²) in [7, 11) is 0. The van der Waals surface area contributed by atoms with E-state index >= 15 is 0 Å². The van der Waals surface area contributed by atoms with Gasteiger partial charge in [-0.3, -0.25) is 4.99 Å². The van der Waals surface area contributed by atoms with Crippen molar-refractivity contribution in [3.63, 3.8) is 0 Å². The molecule has 1 aliphatic heterocycles. The molecule has 0 amide bonds. The first kappa shape index (κ1) is 24.7. The molecule has 1 fully saturated rings. The maximum Gasteiger partial charge on any atom is 0.232 e. The Morgan fingerprint density at radius 2 is 1.91 bits per heavy atom. The Labute approximate surface area is 199 Å². The number of aliphatic hydroxyl groups is 1. The number of aromatic nitrogens is 3. The maximum absolute atomic E-state index is 9.11. The van der Waals surface area contributed by atoms with Crippen LogP contribution in [0.5, 0.6) is 0 Å². The van der Waals surface area contributed by atoms with Gasteiger partial charge in [-0.15, -0.1) is 0 Å². The van der Waals surface area contributed by atoms with E-state index in [0.717, 1.165) is 43.0 Å². The minimum absolute atomic E-state index is 0.00299. The number of morpholine rings is 1. The highest BCUT2D eigenvalue weighted by molar-refractivity contribution is 6.30. The van der Waals surface area contributed by atoms with Crippen LogP contribution in [0.3, 0.4) is 0 Å². The van der Waals surface area contributed by atoms with Gasteiger partial charge in [0.25, 0.3) is 0 Å². The fourth-order valence-corrected chi connectivity index (χ4v) is 3.49. The highest BCUT2D eigenvalue weighted by atomic mass is 35.5. The van der Waals surface area contributed by atoms with Crippen LogP contribution in [-0.4, -0.2) is 79.3 Å². The molecule has 3 rings (SSSR count). The van der Waals surface area contributed by atoms with E-state index in [9.17, 15) is 0 Å². The fraction of sp³-hybridized carbons (Fsp3) is 0.455. The molecule has 1 saturated heterocycles. The first-order chi connectivity index (χ1) is 16.1. The van der Waals surface area contributed by atoms with Crippen molar-refractivity contribution in [2.75, 3.05) is 68.1 Å². The number of hydrogen-bond donors (Lipinski definition) is 4. The van der Waals surface area contributed by atoms with Gasteiger partial charge in [0.1, 0.15) is 0 Å². The summed E-state index contributed by atoms with van der Waals surface area (Å²) >= 11 is 6.07. The molecule has 1 aromatic carbocycles. The van der Waals surface area contributed by atoms with Gasteiger partial charge in [-0.25, -0.2) is 0 Å². The van der Waals surface area contributed by atoms with Crippen molar-refractivity contribution < 1.29 is 9.84 Å². The zero-order valence-electron chi connectivity index (χ0n) is 18.8. The number of ether oxygens (including phenoxy) is 1. The van der Waals surface area contributed by atoms with Gasteiger partial charge in [-0.2, -0.15) is 15.0 Å². The minimum atomic E-state index is -0.00299. The van der Waals surface area contributed by atoms with Crippen LogP contribution in [0.1, 0.15) is 18.9 Å². The molecule has 0 aliphatic carbocycles. The fourth-order valence-electron chi connectivity index (χ4n) is 3.32. The second-order valence-electron chi connectivity index (χ2n) is 7.26. The van der Waals surface area contributed by atoms with E-state index < -0.39 is 0 Å². The number of nitrogens with one attached hydrogen (secondary N) is 3. The Morgan fingerprint density at radius 3 is 2.58 bits per heavy atom.